The van der Waals surface area contributed by atoms with Crippen molar-refractivity contribution in [1.82, 2.24) is 0 Å². The van der Waals surface area contributed by atoms with Crippen LogP contribution in [0.3, 0.4) is 0 Å². The molecule has 2 saturated carbocycles. The van der Waals surface area contributed by atoms with Gasteiger partial charge >= 0.3 is 6.18 Å². The monoisotopic (exact) mass is 220 g/mol. The average molecular weight is 220 g/mol. The third-order valence-corrected chi connectivity index (χ3v) is 4.42. The fraction of sp³-hybridized carbons (Fsp3) is 1.00. The highest BCUT2D eigenvalue weighted by molar-refractivity contribution is 4.93. The maximum atomic E-state index is 12.7. The summed E-state index contributed by atoms with van der Waals surface area (Å²) in [6.07, 6.45) is 0.951. The lowest BCUT2D eigenvalue weighted by molar-refractivity contribution is -0.218. The molecule has 0 N–H and O–H groups in total. The second kappa shape index (κ2) is 3.39. The molecular formula is C12H19F3. The molecule has 0 amide bonds. The first kappa shape index (κ1) is 11.3. The van der Waals surface area contributed by atoms with Crippen molar-refractivity contribution < 1.29 is 13.2 Å². The Bertz CT molecular complexity index is 242. The number of hydrogen-bond acceptors (Lipinski definition) is 0. The summed E-state index contributed by atoms with van der Waals surface area (Å²) in [7, 11) is 0. The van der Waals surface area contributed by atoms with Gasteiger partial charge in [-0.05, 0) is 43.4 Å². The highest BCUT2D eigenvalue weighted by Crippen LogP contribution is 2.54. The van der Waals surface area contributed by atoms with Gasteiger partial charge in [0.2, 0.25) is 0 Å². The van der Waals surface area contributed by atoms with E-state index in [-0.39, 0.29) is 0 Å². The van der Waals surface area contributed by atoms with E-state index in [1.54, 1.807) is 0 Å². The summed E-state index contributed by atoms with van der Waals surface area (Å²) < 4.78 is 38.2. The molecular weight excluding hydrogens is 201 g/mol. The van der Waals surface area contributed by atoms with Crippen molar-refractivity contribution in [3.8, 4) is 0 Å². The SMILES string of the molecule is CC(C)(CC1CC2CCC1C2)C(F)(F)F. The minimum absolute atomic E-state index is 0.331. The van der Waals surface area contributed by atoms with E-state index in [4.69, 9.17) is 0 Å². The fourth-order valence-electron chi connectivity index (χ4n) is 3.40. The lowest BCUT2D eigenvalue weighted by atomic mass is 9.75. The molecule has 3 atom stereocenters. The predicted molar refractivity (Wildman–Crippen MR) is 53.4 cm³/mol. The molecule has 2 fully saturated rings. The van der Waals surface area contributed by atoms with Crippen molar-refractivity contribution in [2.45, 2.75) is 52.1 Å². The van der Waals surface area contributed by atoms with Crippen LogP contribution in [-0.2, 0) is 0 Å². The van der Waals surface area contributed by atoms with Gasteiger partial charge in [0, 0.05) is 0 Å². The van der Waals surface area contributed by atoms with Gasteiger partial charge in [0.25, 0.3) is 0 Å². The molecule has 88 valence electrons. The summed E-state index contributed by atoms with van der Waals surface area (Å²) in [5.41, 5.74) is -1.50. The van der Waals surface area contributed by atoms with Crippen LogP contribution in [0.5, 0.6) is 0 Å². The van der Waals surface area contributed by atoms with Gasteiger partial charge in [-0.3, -0.25) is 0 Å². The zero-order valence-corrected chi connectivity index (χ0v) is 9.40. The highest BCUT2D eigenvalue weighted by Gasteiger charge is 2.51. The maximum absolute atomic E-state index is 12.7. The van der Waals surface area contributed by atoms with Gasteiger partial charge in [-0.25, -0.2) is 0 Å². The third-order valence-electron chi connectivity index (χ3n) is 4.42. The first-order valence-corrected chi connectivity index (χ1v) is 5.86. The summed E-state index contributed by atoms with van der Waals surface area (Å²) in [6.45, 7) is 2.69. The molecule has 15 heavy (non-hydrogen) atoms. The largest absolute Gasteiger partial charge is 0.393 e. The van der Waals surface area contributed by atoms with E-state index in [9.17, 15) is 13.2 Å². The number of rotatable bonds is 2. The van der Waals surface area contributed by atoms with Gasteiger partial charge < -0.3 is 0 Å². The van der Waals surface area contributed by atoms with Crippen molar-refractivity contribution in [2.24, 2.45) is 23.2 Å². The number of fused-ring (bicyclic) bond motifs is 2. The Morgan fingerprint density at radius 1 is 1.07 bits per heavy atom. The zero-order chi connectivity index (χ0) is 11.3. The lowest BCUT2D eigenvalue weighted by Gasteiger charge is -2.33. The summed E-state index contributed by atoms with van der Waals surface area (Å²) in [4.78, 5) is 0. The summed E-state index contributed by atoms with van der Waals surface area (Å²) in [6, 6.07) is 0. The van der Waals surface area contributed by atoms with Crippen molar-refractivity contribution in [1.29, 1.82) is 0 Å². The Morgan fingerprint density at radius 3 is 2.13 bits per heavy atom. The van der Waals surface area contributed by atoms with Gasteiger partial charge in [-0.15, -0.1) is 0 Å². The van der Waals surface area contributed by atoms with E-state index < -0.39 is 11.6 Å². The molecule has 0 aromatic carbocycles. The van der Waals surface area contributed by atoms with Crippen molar-refractivity contribution in [3.63, 3.8) is 0 Å². The molecule has 0 aromatic rings. The van der Waals surface area contributed by atoms with Gasteiger partial charge in [0.05, 0.1) is 5.41 Å². The van der Waals surface area contributed by atoms with Crippen molar-refractivity contribution >= 4 is 0 Å². The molecule has 2 aliphatic carbocycles. The van der Waals surface area contributed by atoms with E-state index in [1.165, 1.54) is 33.1 Å². The summed E-state index contributed by atoms with van der Waals surface area (Å²) in [5.74, 6) is 1.67. The highest BCUT2D eigenvalue weighted by atomic mass is 19.4. The van der Waals surface area contributed by atoms with Gasteiger partial charge in [-0.2, -0.15) is 13.2 Å². The number of hydrogen-bond donors (Lipinski definition) is 0. The number of alkyl halides is 3. The van der Waals surface area contributed by atoms with E-state index >= 15 is 0 Å². The van der Waals surface area contributed by atoms with Crippen LogP contribution >= 0.6 is 0 Å². The first-order chi connectivity index (χ1) is 6.79. The van der Waals surface area contributed by atoms with Crippen LogP contribution in [0.25, 0.3) is 0 Å². The Hall–Kier alpha value is -0.210. The average Bonchev–Trinajstić information content (AvgIpc) is 2.61. The van der Waals surface area contributed by atoms with E-state index in [0.29, 0.717) is 18.3 Å². The van der Waals surface area contributed by atoms with Crippen LogP contribution in [0.2, 0.25) is 0 Å². The summed E-state index contributed by atoms with van der Waals surface area (Å²) in [5, 5.41) is 0. The van der Waals surface area contributed by atoms with Gasteiger partial charge in [0.15, 0.2) is 0 Å². The Kier molecular flexibility index (Phi) is 2.55. The second-order valence-electron chi connectivity index (χ2n) is 6.02. The standard InChI is InChI=1S/C12H19F3/c1-11(2,12(13,14)15)7-10-6-8-3-4-9(10)5-8/h8-10H,3-7H2,1-2H3. The maximum Gasteiger partial charge on any atom is 0.393 e. The molecule has 0 aromatic heterocycles. The molecule has 2 bridgehead atoms. The van der Waals surface area contributed by atoms with Gasteiger partial charge in [0.1, 0.15) is 0 Å². The van der Waals surface area contributed by atoms with E-state index in [2.05, 4.69) is 0 Å². The van der Waals surface area contributed by atoms with Crippen LogP contribution in [-0.4, -0.2) is 6.18 Å². The normalized spacial score (nSPS) is 36.2. The van der Waals surface area contributed by atoms with Crippen LogP contribution < -0.4 is 0 Å². The smallest absolute Gasteiger partial charge is 0.171 e. The molecule has 0 aliphatic heterocycles. The van der Waals surface area contributed by atoms with Crippen molar-refractivity contribution in [3.05, 3.63) is 0 Å². The lowest BCUT2D eigenvalue weighted by Crippen LogP contribution is -2.35. The van der Waals surface area contributed by atoms with Gasteiger partial charge in [-0.1, -0.05) is 20.3 Å². The molecule has 0 saturated heterocycles. The van der Waals surface area contributed by atoms with Crippen LogP contribution in [0, 0.1) is 23.2 Å². The Morgan fingerprint density at radius 2 is 1.73 bits per heavy atom. The molecule has 2 aliphatic rings. The quantitative estimate of drug-likeness (QED) is 0.647. The fourth-order valence-corrected chi connectivity index (χ4v) is 3.40. The third kappa shape index (κ3) is 2.02. The van der Waals surface area contributed by atoms with E-state index in [1.807, 2.05) is 0 Å². The minimum atomic E-state index is -4.05. The first-order valence-electron chi connectivity index (χ1n) is 5.86. The molecule has 0 spiro atoms. The molecule has 0 nitrogen and oxygen atoms in total. The minimum Gasteiger partial charge on any atom is -0.171 e. The van der Waals surface area contributed by atoms with Crippen LogP contribution in [0.15, 0.2) is 0 Å². The molecule has 0 radical (unpaired) electrons. The van der Waals surface area contributed by atoms with Crippen LogP contribution in [0.1, 0.15) is 46.0 Å². The second-order valence-corrected chi connectivity index (χ2v) is 6.02. The molecule has 3 heteroatoms. The summed E-state index contributed by atoms with van der Waals surface area (Å²) >= 11 is 0. The van der Waals surface area contributed by atoms with E-state index in [0.717, 1.165) is 12.3 Å². The molecule has 0 heterocycles. The number of halogens is 3. The van der Waals surface area contributed by atoms with Crippen molar-refractivity contribution in [2.75, 3.05) is 0 Å². The predicted octanol–water partition coefficient (Wildman–Crippen LogP) is 4.40. The Balaban J connectivity index is 1.97. The molecule has 2 rings (SSSR count). The topological polar surface area (TPSA) is 0 Å². The molecule has 3 unspecified atom stereocenters. The zero-order valence-electron chi connectivity index (χ0n) is 9.40. The van der Waals surface area contributed by atoms with Crippen LogP contribution in [0.4, 0.5) is 13.2 Å². The Labute approximate surface area is 89.2 Å².